The minimum atomic E-state index is -0.481. The summed E-state index contributed by atoms with van der Waals surface area (Å²) in [5.74, 6) is 0.888. The fraction of sp³-hybridized carbons (Fsp3) is 0.700. The van der Waals surface area contributed by atoms with Gasteiger partial charge in [-0.25, -0.2) is 4.68 Å². The Morgan fingerprint density at radius 2 is 2.44 bits per heavy atom. The molecule has 6 nitrogen and oxygen atoms in total. The van der Waals surface area contributed by atoms with E-state index >= 15 is 0 Å². The fourth-order valence-corrected chi connectivity index (χ4v) is 2.44. The van der Waals surface area contributed by atoms with Crippen LogP contribution in [-0.2, 0) is 0 Å². The van der Waals surface area contributed by atoms with Gasteiger partial charge < -0.3 is 5.73 Å². The number of anilines is 1. The molecule has 1 aromatic heterocycles. The zero-order valence-corrected chi connectivity index (χ0v) is 9.30. The second-order valence-corrected chi connectivity index (χ2v) is 4.36. The molecule has 0 saturated heterocycles. The van der Waals surface area contributed by atoms with Crippen LogP contribution in [0.5, 0.6) is 0 Å². The van der Waals surface area contributed by atoms with Gasteiger partial charge in [-0.1, -0.05) is 13.3 Å². The van der Waals surface area contributed by atoms with Gasteiger partial charge in [0.15, 0.2) is 0 Å². The Morgan fingerprint density at radius 3 is 2.94 bits per heavy atom. The zero-order valence-electron chi connectivity index (χ0n) is 9.30. The number of rotatable bonds is 3. The molecule has 2 atom stereocenters. The molecule has 1 aliphatic carbocycles. The van der Waals surface area contributed by atoms with Crippen molar-refractivity contribution in [2.45, 2.75) is 38.6 Å². The van der Waals surface area contributed by atoms with Gasteiger partial charge in [0, 0.05) is 0 Å². The van der Waals surface area contributed by atoms with Crippen LogP contribution in [0.4, 0.5) is 11.5 Å². The summed E-state index contributed by atoms with van der Waals surface area (Å²) in [6, 6.07) is 0.235. The first kappa shape index (κ1) is 10.9. The van der Waals surface area contributed by atoms with Crippen LogP contribution in [0.25, 0.3) is 0 Å². The lowest BCUT2D eigenvalue weighted by atomic mass is 10.1. The monoisotopic (exact) mass is 224 g/mol. The van der Waals surface area contributed by atoms with Crippen molar-refractivity contribution < 1.29 is 4.92 Å². The van der Waals surface area contributed by atoms with Crippen LogP contribution in [0.2, 0.25) is 0 Å². The summed E-state index contributed by atoms with van der Waals surface area (Å²) in [6.07, 6.45) is 5.60. The maximum absolute atomic E-state index is 10.6. The van der Waals surface area contributed by atoms with E-state index in [9.17, 15) is 10.1 Å². The summed E-state index contributed by atoms with van der Waals surface area (Å²) in [5.41, 5.74) is 5.65. The Balaban J connectivity index is 2.19. The molecule has 0 aliphatic heterocycles. The number of nitrogens with two attached hydrogens (primary N) is 1. The van der Waals surface area contributed by atoms with Gasteiger partial charge in [-0.05, 0) is 25.2 Å². The van der Waals surface area contributed by atoms with E-state index in [1.54, 1.807) is 4.68 Å². The van der Waals surface area contributed by atoms with Gasteiger partial charge in [-0.3, -0.25) is 10.1 Å². The van der Waals surface area contributed by atoms with Gasteiger partial charge in [0.25, 0.3) is 0 Å². The summed E-state index contributed by atoms with van der Waals surface area (Å²) in [7, 11) is 0. The smallest absolute Gasteiger partial charge is 0.330 e. The van der Waals surface area contributed by atoms with Gasteiger partial charge in [-0.2, -0.15) is 5.10 Å². The van der Waals surface area contributed by atoms with Crippen LogP contribution in [0.3, 0.4) is 0 Å². The molecule has 1 aliphatic rings. The third kappa shape index (κ3) is 1.75. The molecule has 0 spiro atoms. The first-order valence-corrected chi connectivity index (χ1v) is 5.60. The van der Waals surface area contributed by atoms with Gasteiger partial charge >= 0.3 is 5.69 Å². The number of hydrogen-bond acceptors (Lipinski definition) is 4. The van der Waals surface area contributed by atoms with E-state index in [0.717, 1.165) is 25.7 Å². The van der Waals surface area contributed by atoms with Crippen molar-refractivity contribution in [3.63, 3.8) is 0 Å². The van der Waals surface area contributed by atoms with Crippen molar-refractivity contribution >= 4 is 11.5 Å². The third-order valence-electron chi connectivity index (χ3n) is 3.45. The topological polar surface area (TPSA) is 87.0 Å². The molecule has 1 aromatic rings. The maximum Gasteiger partial charge on any atom is 0.330 e. The normalized spacial score (nSPS) is 24.8. The van der Waals surface area contributed by atoms with Crippen molar-refractivity contribution in [2.75, 3.05) is 5.73 Å². The predicted molar refractivity (Wildman–Crippen MR) is 60.0 cm³/mol. The lowest BCUT2D eigenvalue weighted by Crippen LogP contribution is -2.11. The zero-order chi connectivity index (χ0) is 11.7. The highest BCUT2D eigenvalue weighted by atomic mass is 16.6. The summed E-state index contributed by atoms with van der Waals surface area (Å²) < 4.78 is 1.62. The Hall–Kier alpha value is -1.59. The van der Waals surface area contributed by atoms with E-state index in [1.165, 1.54) is 6.20 Å². The number of nitro groups is 1. The van der Waals surface area contributed by atoms with Gasteiger partial charge in [0.2, 0.25) is 5.82 Å². The van der Waals surface area contributed by atoms with Crippen LogP contribution in [-0.4, -0.2) is 14.7 Å². The molecule has 1 fully saturated rings. The second kappa shape index (κ2) is 4.11. The van der Waals surface area contributed by atoms with E-state index in [2.05, 4.69) is 12.0 Å². The number of aromatic nitrogens is 2. The Kier molecular flexibility index (Phi) is 2.80. The van der Waals surface area contributed by atoms with Crippen LogP contribution in [0.15, 0.2) is 6.20 Å². The van der Waals surface area contributed by atoms with E-state index in [1.807, 2.05) is 0 Å². The van der Waals surface area contributed by atoms with Crippen molar-refractivity contribution in [1.82, 2.24) is 9.78 Å². The Bertz CT molecular complexity index is 402. The Labute approximate surface area is 93.6 Å². The first-order valence-electron chi connectivity index (χ1n) is 5.60. The lowest BCUT2D eigenvalue weighted by molar-refractivity contribution is -0.384. The molecule has 6 heteroatoms. The minimum absolute atomic E-state index is 0.0834. The van der Waals surface area contributed by atoms with Crippen molar-refractivity contribution in [3.8, 4) is 0 Å². The molecular weight excluding hydrogens is 208 g/mol. The molecule has 16 heavy (non-hydrogen) atoms. The van der Waals surface area contributed by atoms with Crippen LogP contribution >= 0.6 is 0 Å². The molecule has 2 unspecified atom stereocenters. The van der Waals surface area contributed by atoms with E-state index in [0.29, 0.717) is 5.92 Å². The SMILES string of the molecule is CCC1CCC(n2ncc([N+](=O)[O-])c2N)C1. The molecule has 88 valence electrons. The standard InChI is InChI=1S/C10H16N4O2/c1-2-7-3-4-8(5-7)13-10(11)9(6-12-13)14(15)16/h6-8H,2-5,11H2,1H3. The van der Waals surface area contributed by atoms with Crippen LogP contribution in [0, 0.1) is 16.0 Å². The average molecular weight is 224 g/mol. The number of nitrogen functional groups attached to an aromatic ring is 1. The number of hydrogen-bond donors (Lipinski definition) is 1. The molecule has 0 radical (unpaired) electrons. The average Bonchev–Trinajstić information content (AvgIpc) is 2.83. The molecule has 2 N–H and O–H groups in total. The van der Waals surface area contributed by atoms with E-state index < -0.39 is 4.92 Å². The summed E-state index contributed by atoms with van der Waals surface area (Å²) in [4.78, 5) is 10.2. The quantitative estimate of drug-likeness (QED) is 0.629. The van der Waals surface area contributed by atoms with Crippen LogP contribution in [0.1, 0.15) is 38.6 Å². The molecule has 1 saturated carbocycles. The molecular formula is C10H16N4O2. The minimum Gasteiger partial charge on any atom is -0.378 e. The van der Waals surface area contributed by atoms with Crippen molar-refractivity contribution in [2.24, 2.45) is 5.92 Å². The summed E-state index contributed by atoms with van der Waals surface area (Å²) in [5, 5.41) is 14.7. The molecule has 0 aromatic carbocycles. The van der Waals surface area contributed by atoms with Gasteiger partial charge in [-0.15, -0.1) is 0 Å². The number of nitrogens with zero attached hydrogens (tertiary/aromatic N) is 3. The van der Waals surface area contributed by atoms with Gasteiger partial charge in [0.05, 0.1) is 11.0 Å². The molecule has 0 bridgehead atoms. The predicted octanol–water partition coefficient (Wildman–Crippen LogP) is 2.12. The maximum atomic E-state index is 10.6. The van der Waals surface area contributed by atoms with Crippen molar-refractivity contribution in [3.05, 3.63) is 16.3 Å². The highest BCUT2D eigenvalue weighted by molar-refractivity contribution is 5.51. The molecule has 2 rings (SSSR count). The molecule has 0 amide bonds. The van der Waals surface area contributed by atoms with Gasteiger partial charge in [0.1, 0.15) is 6.20 Å². The van der Waals surface area contributed by atoms with E-state index in [-0.39, 0.29) is 17.5 Å². The fourth-order valence-electron chi connectivity index (χ4n) is 2.44. The third-order valence-corrected chi connectivity index (χ3v) is 3.45. The molecule has 1 heterocycles. The highest BCUT2D eigenvalue weighted by Crippen LogP contribution is 2.38. The Morgan fingerprint density at radius 1 is 1.69 bits per heavy atom. The van der Waals surface area contributed by atoms with E-state index in [4.69, 9.17) is 5.73 Å². The van der Waals surface area contributed by atoms with Crippen molar-refractivity contribution in [1.29, 1.82) is 0 Å². The highest BCUT2D eigenvalue weighted by Gasteiger charge is 2.29. The van der Waals surface area contributed by atoms with Crippen LogP contribution < -0.4 is 5.73 Å². The summed E-state index contributed by atoms with van der Waals surface area (Å²) in [6.45, 7) is 2.17. The summed E-state index contributed by atoms with van der Waals surface area (Å²) >= 11 is 0. The lowest BCUT2D eigenvalue weighted by Gasteiger charge is -2.11. The second-order valence-electron chi connectivity index (χ2n) is 4.36. The first-order chi connectivity index (χ1) is 7.63. The largest absolute Gasteiger partial charge is 0.378 e.